The van der Waals surface area contributed by atoms with Gasteiger partial charge in [-0.05, 0) is 84.7 Å². The van der Waals surface area contributed by atoms with Gasteiger partial charge in [-0.15, -0.1) is 0 Å². The summed E-state index contributed by atoms with van der Waals surface area (Å²) in [6, 6.07) is 6.77. The largest absolute Gasteiger partial charge is 0.206 e. The van der Waals surface area contributed by atoms with Crippen molar-refractivity contribution in [2.24, 2.45) is 17.8 Å². The summed E-state index contributed by atoms with van der Waals surface area (Å²) in [6.45, 7) is 2.29. The monoisotopic (exact) mass is 476 g/mol. The Labute approximate surface area is 201 Å². The summed E-state index contributed by atoms with van der Waals surface area (Å²) in [4.78, 5) is 0. The Morgan fingerprint density at radius 2 is 1.21 bits per heavy atom. The van der Waals surface area contributed by atoms with Gasteiger partial charge in [-0.3, -0.25) is 0 Å². The van der Waals surface area contributed by atoms with Crippen LogP contribution < -0.4 is 0 Å². The summed E-state index contributed by atoms with van der Waals surface area (Å²) in [5, 5.41) is -0.0582. The number of hydrogen-bond acceptors (Lipinski definition) is 0. The van der Waals surface area contributed by atoms with E-state index >= 15 is 0 Å². The van der Waals surface area contributed by atoms with Gasteiger partial charge in [0.25, 0.3) is 0 Å². The predicted octanol–water partition coefficient (Wildman–Crippen LogP) is 10.1. The number of halogens is 4. The Balaban J connectivity index is 1.30. The molecule has 2 aliphatic carbocycles. The van der Waals surface area contributed by atoms with Crippen molar-refractivity contribution in [1.82, 2.24) is 0 Å². The Kier molecular flexibility index (Phi) is 8.43. The maximum absolute atomic E-state index is 14.9. The maximum atomic E-state index is 14.9. The molecular formula is C29H36ClF3. The van der Waals surface area contributed by atoms with Gasteiger partial charge in [-0.2, -0.15) is 0 Å². The van der Waals surface area contributed by atoms with Gasteiger partial charge in [0.2, 0.25) is 0 Å². The van der Waals surface area contributed by atoms with Crippen molar-refractivity contribution in [3.63, 3.8) is 0 Å². The summed E-state index contributed by atoms with van der Waals surface area (Å²) < 4.78 is 43.5. The molecule has 0 saturated heterocycles. The van der Waals surface area contributed by atoms with Gasteiger partial charge in [-0.1, -0.05) is 76.0 Å². The van der Waals surface area contributed by atoms with Crippen molar-refractivity contribution in [2.45, 2.75) is 89.9 Å². The third kappa shape index (κ3) is 6.15. The number of hydrogen-bond donors (Lipinski definition) is 0. The molecule has 2 aliphatic rings. The summed E-state index contributed by atoms with van der Waals surface area (Å²) >= 11 is 5.71. The third-order valence-electron chi connectivity index (χ3n) is 8.24. The van der Waals surface area contributed by atoms with Gasteiger partial charge in [0, 0.05) is 0 Å². The van der Waals surface area contributed by atoms with Crippen molar-refractivity contribution < 1.29 is 13.2 Å². The first kappa shape index (κ1) is 24.6. The Hall–Kier alpha value is -1.48. The first-order valence-corrected chi connectivity index (χ1v) is 13.3. The van der Waals surface area contributed by atoms with Gasteiger partial charge in [0.1, 0.15) is 17.5 Å². The van der Waals surface area contributed by atoms with E-state index in [0.717, 1.165) is 55.1 Å². The fourth-order valence-corrected chi connectivity index (χ4v) is 6.35. The molecule has 0 radical (unpaired) electrons. The van der Waals surface area contributed by atoms with Gasteiger partial charge in [-0.25, -0.2) is 13.2 Å². The zero-order chi connectivity index (χ0) is 23.4. The van der Waals surface area contributed by atoms with E-state index in [-0.39, 0.29) is 22.1 Å². The molecule has 4 heteroatoms. The minimum atomic E-state index is -0.677. The molecule has 2 fully saturated rings. The second-order valence-electron chi connectivity index (χ2n) is 10.5. The van der Waals surface area contributed by atoms with Gasteiger partial charge in [0.05, 0.1) is 10.6 Å². The highest BCUT2D eigenvalue weighted by Crippen LogP contribution is 2.41. The molecule has 0 spiro atoms. The highest BCUT2D eigenvalue weighted by Gasteiger charge is 2.26. The predicted molar refractivity (Wildman–Crippen MR) is 131 cm³/mol. The van der Waals surface area contributed by atoms with Gasteiger partial charge in [0.15, 0.2) is 0 Å². The lowest BCUT2D eigenvalue weighted by atomic mass is 9.74. The normalized spacial score (nSPS) is 25.8. The van der Waals surface area contributed by atoms with Crippen LogP contribution in [0.1, 0.15) is 95.5 Å². The molecule has 33 heavy (non-hydrogen) atoms. The highest BCUT2D eigenvalue weighted by molar-refractivity contribution is 6.30. The van der Waals surface area contributed by atoms with Crippen LogP contribution in [0, 0.1) is 35.2 Å². The molecule has 0 aromatic heterocycles. The maximum Gasteiger partial charge on any atom is 0.142 e. The van der Waals surface area contributed by atoms with Gasteiger partial charge >= 0.3 is 0 Å². The lowest BCUT2D eigenvalue weighted by molar-refractivity contribution is 0.224. The zero-order valence-corrected chi connectivity index (χ0v) is 20.4. The van der Waals surface area contributed by atoms with E-state index in [9.17, 15) is 13.2 Å². The van der Waals surface area contributed by atoms with E-state index in [2.05, 4.69) is 6.92 Å². The van der Waals surface area contributed by atoms with E-state index in [1.54, 1.807) is 0 Å². The van der Waals surface area contributed by atoms with Gasteiger partial charge < -0.3 is 0 Å². The second-order valence-corrected chi connectivity index (χ2v) is 10.9. The minimum Gasteiger partial charge on any atom is -0.206 e. The van der Waals surface area contributed by atoms with E-state index < -0.39 is 17.5 Å². The minimum absolute atomic E-state index is 0.0582. The van der Waals surface area contributed by atoms with Crippen molar-refractivity contribution in [1.29, 1.82) is 0 Å². The third-order valence-corrected chi connectivity index (χ3v) is 8.54. The Morgan fingerprint density at radius 1 is 0.697 bits per heavy atom. The number of rotatable bonds is 7. The van der Waals surface area contributed by atoms with Crippen LogP contribution in [-0.2, 0) is 0 Å². The number of benzene rings is 2. The first-order chi connectivity index (χ1) is 15.9. The topological polar surface area (TPSA) is 0 Å². The van der Waals surface area contributed by atoms with Crippen molar-refractivity contribution in [3.05, 3.63) is 58.4 Å². The smallest absolute Gasteiger partial charge is 0.142 e. The van der Waals surface area contributed by atoms with E-state index in [1.165, 1.54) is 75.6 Å². The van der Waals surface area contributed by atoms with Crippen LogP contribution in [0.15, 0.2) is 30.3 Å². The second kappa shape index (κ2) is 11.3. The molecule has 0 bridgehead atoms. The summed E-state index contributed by atoms with van der Waals surface area (Å²) in [5.41, 5.74) is 0.721. The molecule has 4 rings (SSSR count). The van der Waals surface area contributed by atoms with E-state index in [1.807, 2.05) is 0 Å². The molecule has 0 atom stereocenters. The van der Waals surface area contributed by atoms with Crippen LogP contribution in [0.4, 0.5) is 13.2 Å². The molecule has 2 saturated carbocycles. The standard InChI is InChI=1S/C29H36ClF3/c1-2-3-19-4-6-20(7-5-19)8-9-21-10-12-22(13-11-21)24-17-27(32)29(28(33)18-24)23-14-15-25(30)26(31)16-23/h14-22H,2-13H2,1H3. The Morgan fingerprint density at radius 3 is 1.73 bits per heavy atom. The molecule has 180 valence electrons. The zero-order valence-electron chi connectivity index (χ0n) is 19.7. The van der Waals surface area contributed by atoms with Crippen molar-refractivity contribution in [3.8, 4) is 11.1 Å². The van der Waals surface area contributed by atoms with Crippen molar-refractivity contribution in [2.75, 3.05) is 0 Å². The Bertz CT molecular complexity index is 901. The van der Waals surface area contributed by atoms with Crippen LogP contribution in [0.2, 0.25) is 5.02 Å². The summed E-state index contributed by atoms with van der Waals surface area (Å²) in [6.07, 6.45) is 15.3. The highest BCUT2D eigenvalue weighted by atomic mass is 35.5. The molecule has 0 unspecified atom stereocenters. The lowest BCUT2D eigenvalue weighted by Gasteiger charge is -2.32. The SMILES string of the molecule is CCCC1CCC(CCC2CCC(c3cc(F)c(-c4ccc(Cl)c(F)c4)c(F)c3)CC2)CC1. The van der Waals surface area contributed by atoms with Crippen molar-refractivity contribution >= 4 is 11.6 Å². The van der Waals surface area contributed by atoms with Crippen LogP contribution in [-0.4, -0.2) is 0 Å². The fourth-order valence-electron chi connectivity index (χ4n) is 6.23. The molecule has 2 aromatic carbocycles. The van der Waals surface area contributed by atoms with Crippen LogP contribution in [0.5, 0.6) is 0 Å². The quantitative estimate of drug-likeness (QED) is 0.372. The summed E-state index contributed by atoms with van der Waals surface area (Å²) in [7, 11) is 0. The molecule has 0 heterocycles. The van der Waals surface area contributed by atoms with Crippen LogP contribution in [0.3, 0.4) is 0 Å². The average Bonchev–Trinajstić information content (AvgIpc) is 2.81. The molecular weight excluding hydrogens is 441 g/mol. The summed E-state index contributed by atoms with van der Waals surface area (Å²) in [5.74, 6) is 0.882. The molecule has 0 nitrogen and oxygen atoms in total. The fraction of sp³-hybridized carbons (Fsp3) is 0.586. The van der Waals surface area contributed by atoms with E-state index in [4.69, 9.17) is 11.6 Å². The molecule has 0 N–H and O–H groups in total. The molecule has 0 amide bonds. The van der Waals surface area contributed by atoms with Crippen LogP contribution in [0.25, 0.3) is 11.1 Å². The van der Waals surface area contributed by atoms with Crippen LogP contribution >= 0.6 is 11.6 Å². The first-order valence-electron chi connectivity index (χ1n) is 12.9. The van der Waals surface area contributed by atoms with E-state index in [0.29, 0.717) is 0 Å². The molecule has 2 aromatic rings. The average molecular weight is 477 g/mol. The lowest BCUT2D eigenvalue weighted by Crippen LogP contribution is -2.18. The molecule has 0 aliphatic heterocycles.